The standard InChI is InChI=1S/C21H27BrN2O4/c1-4-27-19-10-16(12-23-11-15(3)25)9-18(22)21(19)28-13-20(26)24-17-7-5-14(2)6-8-17/h5-10,15,23,25H,4,11-13H2,1-3H3,(H,24,26)/t15-/m0/s1. The molecule has 0 bridgehead atoms. The molecule has 0 aliphatic carbocycles. The highest BCUT2D eigenvalue weighted by Crippen LogP contribution is 2.37. The van der Waals surface area contributed by atoms with Crippen molar-refractivity contribution in [3.63, 3.8) is 0 Å². The molecule has 0 saturated heterocycles. The number of amides is 1. The number of aliphatic hydroxyl groups excluding tert-OH is 1. The van der Waals surface area contributed by atoms with Crippen molar-refractivity contribution in [1.29, 1.82) is 0 Å². The zero-order valence-electron chi connectivity index (χ0n) is 16.4. The molecule has 0 radical (unpaired) electrons. The Balaban J connectivity index is 2.02. The molecule has 28 heavy (non-hydrogen) atoms. The number of anilines is 1. The number of aryl methyl sites for hydroxylation is 1. The summed E-state index contributed by atoms with van der Waals surface area (Å²) >= 11 is 3.50. The van der Waals surface area contributed by atoms with Crippen molar-refractivity contribution in [3.05, 3.63) is 52.0 Å². The molecule has 3 N–H and O–H groups in total. The predicted octanol–water partition coefficient (Wildman–Crippen LogP) is 3.64. The van der Waals surface area contributed by atoms with Crippen LogP contribution in [-0.4, -0.2) is 36.9 Å². The first-order valence-corrected chi connectivity index (χ1v) is 10.0. The van der Waals surface area contributed by atoms with E-state index in [1.807, 2.05) is 50.2 Å². The van der Waals surface area contributed by atoms with E-state index >= 15 is 0 Å². The number of benzene rings is 2. The summed E-state index contributed by atoms with van der Waals surface area (Å²) in [4.78, 5) is 12.2. The second kappa shape index (κ2) is 11.0. The number of hydrogen-bond acceptors (Lipinski definition) is 5. The van der Waals surface area contributed by atoms with Gasteiger partial charge in [-0.25, -0.2) is 0 Å². The Hall–Kier alpha value is -2.09. The van der Waals surface area contributed by atoms with Crippen LogP contribution < -0.4 is 20.1 Å². The normalized spacial score (nSPS) is 11.8. The summed E-state index contributed by atoms with van der Waals surface area (Å²) in [5.74, 6) is 0.801. The first-order chi connectivity index (χ1) is 13.4. The van der Waals surface area contributed by atoms with Gasteiger partial charge in [0.2, 0.25) is 0 Å². The quantitative estimate of drug-likeness (QED) is 0.514. The van der Waals surface area contributed by atoms with Crippen molar-refractivity contribution in [3.8, 4) is 11.5 Å². The van der Waals surface area contributed by atoms with Crippen LogP contribution >= 0.6 is 15.9 Å². The zero-order valence-corrected chi connectivity index (χ0v) is 18.0. The second-order valence-corrected chi connectivity index (χ2v) is 7.38. The highest BCUT2D eigenvalue weighted by molar-refractivity contribution is 9.10. The highest BCUT2D eigenvalue weighted by Gasteiger charge is 2.14. The zero-order chi connectivity index (χ0) is 20.5. The number of nitrogens with one attached hydrogen (secondary N) is 2. The fraction of sp³-hybridized carbons (Fsp3) is 0.381. The number of carbonyl (C=O) groups excluding carboxylic acids is 1. The van der Waals surface area contributed by atoms with E-state index in [1.165, 1.54) is 0 Å². The average molecular weight is 451 g/mol. The third-order valence-electron chi connectivity index (χ3n) is 3.82. The first kappa shape index (κ1) is 22.2. The highest BCUT2D eigenvalue weighted by atomic mass is 79.9. The van der Waals surface area contributed by atoms with Crippen LogP contribution in [0.15, 0.2) is 40.9 Å². The van der Waals surface area contributed by atoms with Gasteiger partial charge < -0.3 is 25.2 Å². The van der Waals surface area contributed by atoms with Crippen LogP contribution in [0.1, 0.15) is 25.0 Å². The number of halogens is 1. The maximum absolute atomic E-state index is 12.2. The summed E-state index contributed by atoms with van der Waals surface area (Å²) in [6.45, 7) is 7.03. The fourth-order valence-corrected chi connectivity index (χ4v) is 3.13. The lowest BCUT2D eigenvalue weighted by Gasteiger charge is -2.16. The molecule has 0 heterocycles. The Bertz CT molecular complexity index is 779. The maximum atomic E-state index is 12.2. The molecule has 0 spiro atoms. The summed E-state index contributed by atoms with van der Waals surface area (Å²) in [6, 6.07) is 11.4. The summed E-state index contributed by atoms with van der Waals surface area (Å²) in [5, 5.41) is 15.3. The van der Waals surface area contributed by atoms with Crippen LogP contribution in [0.5, 0.6) is 11.5 Å². The maximum Gasteiger partial charge on any atom is 0.262 e. The van der Waals surface area contributed by atoms with Gasteiger partial charge in [-0.1, -0.05) is 17.7 Å². The molecule has 6 nitrogen and oxygen atoms in total. The Morgan fingerprint density at radius 2 is 1.93 bits per heavy atom. The molecular weight excluding hydrogens is 424 g/mol. The molecule has 0 unspecified atom stereocenters. The van der Waals surface area contributed by atoms with Crippen molar-refractivity contribution in [2.75, 3.05) is 25.1 Å². The minimum atomic E-state index is -0.413. The average Bonchev–Trinajstić information content (AvgIpc) is 2.63. The minimum Gasteiger partial charge on any atom is -0.490 e. The molecule has 152 valence electrons. The fourth-order valence-electron chi connectivity index (χ4n) is 2.52. The van der Waals surface area contributed by atoms with Crippen LogP contribution in [0.25, 0.3) is 0 Å². The number of carbonyl (C=O) groups is 1. The van der Waals surface area contributed by atoms with E-state index < -0.39 is 6.10 Å². The van der Waals surface area contributed by atoms with Crippen molar-refractivity contribution < 1.29 is 19.4 Å². The Morgan fingerprint density at radius 3 is 2.57 bits per heavy atom. The van der Waals surface area contributed by atoms with E-state index in [2.05, 4.69) is 26.6 Å². The van der Waals surface area contributed by atoms with Gasteiger partial charge in [0.1, 0.15) is 0 Å². The van der Waals surface area contributed by atoms with Crippen molar-refractivity contribution >= 4 is 27.5 Å². The van der Waals surface area contributed by atoms with Crippen molar-refractivity contribution in [1.82, 2.24) is 5.32 Å². The predicted molar refractivity (Wildman–Crippen MR) is 114 cm³/mol. The van der Waals surface area contributed by atoms with Gasteiger partial charge >= 0.3 is 0 Å². The van der Waals surface area contributed by atoms with Gasteiger partial charge in [-0.2, -0.15) is 0 Å². The third kappa shape index (κ3) is 7.14. The lowest BCUT2D eigenvalue weighted by molar-refractivity contribution is -0.118. The molecular formula is C21H27BrN2O4. The van der Waals surface area contributed by atoms with Crippen LogP contribution in [0.2, 0.25) is 0 Å². The molecule has 1 atom stereocenters. The molecule has 7 heteroatoms. The number of hydrogen-bond donors (Lipinski definition) is 3. The molecule has 0 fully saturated rings. The number of aliphatic hydroxyl groups is 1. The number of rotatable bonds is 10. The molecule has 2 aromatic carbocycles. The molecule has 1 amide bonds. The van der Waals surface area contributed by atoms with E-state index in [4.69, 9.17) is 9.47 Å². The summed E-state index contributed by atoms with van der Waals surface area (Å²) in [5.41, 5.74) is 2.83. The monoisotopic (exact) mass is 450 g/mol. The van der Waals surface area contributed by atoms with Crippen LogP contribution in [0, 0.1) is 6.92 Å². The molecule has 2 rings (SSSR count). The largest absolute Gasteiger partial charge is 0.490 e. The lowest BCUT2D eigenvalue weighted by atomic mass is 10.2. The Labute approximate surface area is 174 Å². The topological polar surface area (TPSA) is 79.8 Å². The molecule has 2 aromatic rings. The minimum absolute atomic E-state index is 0.133. The Morgan fingerprint density at radius 1 is 1.21 bits per heavy atom. The SMILES string of the molecule is CCOc1cc(CNC[C@H](C)O)cc(Br)c1OCC(=O)Nc1ccc(C)cc1. The van der Waals surface area contributed by atoms with Gasteiger partial charge in [0, 0.05) is 18.8 Å². The summed E-state index contributed by atoms with van der Waals surface area (Å²) < 4.78 is 12.1. The van der Waals surface area contributed by atoms with Gasteiger partial charge in [0.25, 0.3) is 5.91 Å². The molecule has 0 saturated carbocycles. The van der Waals surface area contributed by atoms with Crippen molar-refractivity contribution in [2.45, 2.75) is 33.4 Å². The van der Waals surface area contributed by atoms with Crippen molar-refractivity contribution in [2.24, 2.45) is 0 Å². The van der Waals surface area contributed by atoms with Gasteiger partial charge in [0.15, 0.2) is 18.1 Å². The molecule has 0 aliphatic rings. The van der Waals surface area contributed by atoms with Crippen LogP contribution in [0.4, 0.5) is 5.69 Å². The van der Waals surface area contributed by atoms with Gasteiger partial charge in [0.05, 0.1) is 17.2 Å². The second-order valence-electron chi connectivity index (χ2n) is 6.52. The van der Waals surface area contributed by atoms with Gasteiger partial charge in [-0.3, -0.25) is 4.79 Å². The van der Waals surface area contributed by atoms with Gasteiger partial charge in [-0.05, 0) is 66.5 Å². The lowest BCUT2D eigenvalue weighted by Crippen LogP contribution is -2.24. The first-order valence-electron chi connectivity index (χ1n) is 9.22. The van der Waals surface area contributed by atoms with Crippen LogP contribution in [-0.2, 0) is 11.3 Å². The summed E-state index contributed by atoms with van der Waals surface area (Å²) in [7, 11) is 0. The number of ether oxygens (including phenoxy) is 2. The van der Waals surface area contributed by atoms with E-state index in [-0.39, 0.29) is 12.5 Å². The molecule has 0 aliphatic heterocycles. The van der Waals surface area contributed by atoms with Gasteiger partial charge in [-0.15, -0.1) is 0 Å². The van der Waals surface area contributed by atoms with E-state index in [0.29, 0.717) is 35.7 Å². The van der Waals surface area contributed by atoms with E-state index in [9.17, 15) is 9.90 Å². The summed E-state index contributed by atoms with van der Waals surface area (Å²) in [6.07, 6.45) is -0.413. The van der Waals surface area contributed by atoms with Crippen LogP contribution in [0.3, 0.4) is 0 Å². The molecule has 0 aromatic heterocycles. The Kier molecular flexibility index (Phi) is 8.76. The third-order valence-corrected chi connectivity index (χ3v) is 4.41. The van der Waals surface area contributed by atoms with E-state index in [1.54, 1.807) is 6.92 Å². The smallest absolute Gasteiger partial charge is 0.262 e. The van der Waals surface area contributed by atoms with E-state index in [0.717, 1.165) is 16.8 Å².